The summed E-state index contributed by atoms with van der Waals surface area (Å²) in [6, 6.07) is 11.0. The molecule has 0 aliphatic heterocycles. The van der Waals surface area contributed by atoms with Gasteiger partial charge >= 0.3 is 0 Å². The number of amides is 1. The highest BCUT2D eigenvalue weighted by atomic mass is 35.5. The summed E-state index contributed by atoms with van der Waals surface area (Å²) in [7, 11) is 4.57. The van der Waals surface area contributed by atoms with Gasteiger partial charge < -0.3 is 19.5 Å². The largest absolute Gasteiger partial charge is 0.493 e. The van der Waals surface area contributed by atoms with Crippen molar-refractivity contribution in [2.45, 2.75) is 19.9 Å². The number of benzene rings is 2. The molecule has 2 aromatic rings. The molecule has 1 atom stereocenters. The van der Waals surface area contributed by atoms with Crippen LogP contribution in [0.4, 0.5) is 0 Å². The van der Waals surface area contributed by atoms with Crippen molar-refractivity contribution < 1.29 is 19.0 Å². The number of hydrogen-bond acceptors (Lipinski definition) is 5. The highest BCUT2D eigenvalue weighted by Gasteiger charge is 2.22. The summed E-state index contributed by atoms with van der Waals surface area (Å²) in [5.74, 6) is 1.09. The van der Waals surface area contributed by atoms with Crippen molar-refractivity contribution in [3.8, 4) is 17.2 Å². The van der Waals surface area contributed by atoms with Crippen LogP contribution in [0, 0.1) is 0 Å². The van der Waals surface area contributed by atoms with Gasteiger partial charge in [-0.05, 0) is 36.9 Å². The maximum atomic E-state index is 12.9. The minimum absolute atomic E-state index is 0.0373. The number of methoxy groups -OCH3 is 3. The molecule has 0 heterocycles. The van der Waals surface area contributed by atoms with Gasteiger partial charge in [0.15, 0.2) is 11.5 Å². The number of hydrogen-bond donors (Lipinski definition) is 1. The zero-order valence-corrected chi connectivity index (χ0v) is 18.4. The number of likely N-dealkylation sites (N-methyl/N-ethyl adjacent to an activating group) is 1. The predicted molar refractivity (Wildman–Crippen MR) is 116 cm³/mol. The van der Waals surface area contributed by atoms with Gasteiger partial charge in [0, 0.05) is 17.1 Å². The Kier molecular flexibility index (Phi) is 8.61. The molecule has 0 aliphatic rings. The van der Waals surface area contributed by atoms with Crippen LogP contribution < -0.4 is 19.5 Å². The van der Waals surface area contributed by atoms with Gasteiger partial charge in [0.2, 0.25) is 5.75 Å². The fourth-order valence-corrected chi connectivity index (χ4v) is 3.61. The third-order valence-corrected chi connectivity index (χ3v) is 5.24. The molecule has 0 aromatic heterocycles. The third-order valence-electron chi connectivity index (χ3n) is 4.90. The summed E-state index contributed by atoms with van der Waals surface area (Å²) in [5.41, 5.74) is 1.42. The molecule has 29 heavy (non-hydrogen) atoms. The third kappa shape index (κ3) is 5.34. The van der Waals surface area contributed by atoms with Gasteiger partial charge in [0.25, 0.3) is 5.91 Å². The number of nitrogens with zero attached hydrogens (tertiary/aromatic N) is 1. The van der Waals surface area contributed by atoms with Gasteiger partial charge in [0.1, 0.15) is 0 Å². The average Bonchev–Trinajstić information content (AvgIpc) is 2.75. The second-order valence-electron chi connectivity index (χ2n) is 6.38. The average molecular weight is 421 g/mol. The highest BCUT2D eigenvalue weighted by Crippen LogP contribution is 2.38. The van der Waals surface area contributed by atoms with Crippen LogP contribution in [0.25, 0.3) is 0 Å². The number of carbonyl (C=O) groups is 1. The van der Waals surface area contributed by atoms with Gasteiger partial charge in [-0.15, -0.1) is 0 Å². The Balaban J connectivity index is 2.27. The molecule has 0 aliphatic carbocycles. The van der Waals surface area contributed by atoms with Crippen molar-refractivity contribution in [3.05, 3.63) is 52.5 Å². The van der Waals surface area contributed by atoms with Crippen LogP contribution in [-0.4, -0.2) is 51.8 Å². The molecule has 1 N–H and O–H groups in total. The van der Waals surface area contributed by atoms with Crippen LogP contribution in [0.15, 0.2) is 36.4 Å². The van der Waals surface area contributed by atoms with Crippen LogP contribution in [0.5, 0.6) is 17.2 Å². The fourth-order valence-electron chi connectivity index (χ4n) is 3.35. The topological polar surface area (TPSA) is 60.0 Å². The van der Waals surface area contributed by atoms with Gasteiger partial charge in [-0.3, -0.25) is 9.69 Å². The van der Waals surface area contributed by atoms with E-state index in [1.54, 1.807) is 12.1 Å². The van der Waals surface area contributed by atoms with Crippen molar-refractivity contribution in [1.29, 1.82) is 0 Å². The first-order valence-electron chi connectivity index (χ1n) is 9.57. The zero-order chi connectivity index (χ0) is 21.4. The van der Waals surface area contributed by atoms with E-state index in [0.717, 1.165) is 18.7 Å². The van der Waals surface area contributed by atoms with Crippen LogP contribution in [0.3, 0.4) is 0 Å². The van der Waals surface area contributed by atoms with Gasteiger partial charge in [0.05, 0.1) is 27.4 Å². The van der Waals surface area contributed by atoms with E-state index in [2.05, 4.69) is 24.1 Å². The molecule has 0 saturated carbocycles. The second kappa shape index (κ2) is 10.9. The molecular formula is C22H29ClN2O4. The fraction of sp³-hybridized carbons (Fsp3) is 0.409. The number of rotatable bonds is 10. The standard InChI is InChI=1S/C22H29ClN2O4/c1-6-25(7-2)18(16-10-8-9-11-17(16)23)14-24-22(26)15-12-19(27-3)21(29-5)20(13-15)28-4/h8-13,18H,6-7,14H2,1-5H3,(H,24,26)/t18-/m0/s1. The van der Waals surface area contributed by atoms with Crippen molar-refractivity contribution in [2.75, 3.05) is 41.0 Å². The van der Waals surface area contributed by atoms with E-state index >= 15 is 0 Å². The van der Waals surface area contributed by atoms with E-state index in [1.165, 1.54) is 21.3 Å². The maximum absolute atomic E-state index is 12.9. The molecule has 0 spiro atoms. The Morgan fingerprint density at radius 1 is 1.03 bits per heavy atom. The molecule has 0 bridgehead atoms. The second-order valence-corrected chi connectivity index (χ2v) is 6.79. The van der Waals surface area contributed by atoms with E-state index in [4.69, 9.17) is 25.8 Å². The Morgan fingerprint density at radius 2 is 1.62 bits per heavy atom. The number of carbonyl (C=O) groups excluding carboxylic acids is 1. The molecule has 1 amide bonds. The van der Waals surface area contributed by atoms with Gasteiger partial charge in [-0.2, -0.15) is 0 Å². The first-order valence-corrected chi connectivity index (χ1v) is 9.95. The smallest absolute Gasteiger partial charge is 0.251 e. The van der Waals surface area contributed by atoms with E-state index in [-0.39, 0.29) is 11.9 Å². The van der Waals surface area contributed by atoms with Crippen LogP contribution in [-0.2, 0) is 0 Å². The Bertz CT molecular complexity index is 799. The van der Waals surface area contributed by atoms with E-state index < -0.39 is 0 Å². The van der Waals surface area contributed by atoms with Crippen molar-refractivity contribution in [2.24, 2.45) is 0 Å². The Hall–Kier alpha value is -2.44. The van der Waals surface area contributed by atoms with E-state index in [1.807, 2.05) is 24.3 Å². The normalized spacial score (nSPS) is 11.8. The lowest BCUT2D eigenvalue weighted by molar-refractivity contribution is 0.0934. The summed E-state index contributed by atoms with van der Waals surface area (Å²) in [6.07, 6.45) is 0. The summed E-state index contributed by atoms with van der Waals surface area (Å²) in [6.45, 7) is 6.28. The van der Waals surface area contributed by atoms with Crippen molar-refractivity contribution >= 4 is 17.5 Å². The lowest BCUT2D eigenvalue weighted by atomic mass is 10.0. The first-order chi connectivity index (χ1) is 14.0. The summed E-state index contributed by atoms with van der Waals surface area (Å²) in [5, 5.41) is 3.71. The molecule has 0 saturated heterocycles. The quantitative estimate of drug-likeness (QED) is 0.624. The van der Waals surface area contributed by atoms with Crippen LogP contribution >= 0.6 is 11.6 Å². The van der Waals surface area contributed by atoms with Gasteiger partial charge in [-0.1, -0.05) is 43.6 Å². The number of halogens is 1. The molecule has 2 aromatic carbocycles. The highest BCUT2D eigenvalue weighted by molar-refractivity contribution is 6.31. The molecule has 0 unspecified atom stereocenters. The van der Waals surface area contributed by atoms with Crippen molar-refractivity contribution in [1.82, 2.24) is 10.2 Å². The summed E-state index contributed by atoms with van der Waals surface area (Å²) >= 11 is 6.44. The first kappa shape index (κ1) is 22.8. The minimum Gasteiger partial charge on any atom is -0.493 e. The zero-order valence-electron chi connectivity index (χ0n) is 17.6. The lowest BCUT2D eigenvalue weighted by Gasteiger charge is -2.31. The lowest BCUT2D eigenvalue weighted by Crippen LogP contribution is -2.38. The molecule has 0 fully saturated rings. The van der Waals surface area contributed by atoms with Crippen LogP contribution in [0.1, 0.15) is 35.8 Å². The van der Waals surface area contributed by atoms with Gasteiger partial charge in [-0.25, -0.2) is 0 Å². The number of nitrogens with one attached hydrogen (secondary N) is 1. The Labute approximate surface area is 177 Å². The minimum atomic E-state index is -0.228. The van der Waals surface area contributed by atoms with Crippen LogP contribution in [0.2, 0.25) is 5.02 Å². The maximum Gasteiger partial charge on any atom is 0.251 e. The molecule has 7 heteroatoms. The Morgan fingerprint density at radius 3 is 2.10 bits per heavy atom. The molecule has 0 radical (unpaired) electrons. The van der Waals surface area contributed by atoms with E-state index in [9.17, 15) is 4.79 Å². The SMILES string of the molecule is CCN(CC)[C@@H](CNC(=O)c1cc(OC)c(OC)c(OC)c1)c1ccccc1Cl. The summed E-state index contributed by atoms with van der Waals surface area (Å²) in [4.78, 5) is 15.1. The molecule has 158 valence electrons. The monoisotopic (exact) mass is 420 g/mol. The van der Waals surface area contributed by atoms with E-state index in [0.29, 0.717) is 34.4 Å². The summed E-state index contributed by atoms with van der Waals surface area (Å²) < 4.78 is 16.0. The molecule has 6 nitrogen and oxygen atoms in total. The molecule has 2 rings (SSSR count). The number of ether oxygens (including phenoxy) is 3. The predicted octanol–water partition coefficient (Wildman–Crippen LogP) is 4.18. The van der Waals surface area contributed by atoms with Crippen molar-refractivity contribution in [3.63, 3.8) is 0 Å². The molecular weight excluding hydrogens is 392 g/mol.